The molecule has 0 aromatic heterocycles. The molecule has 0 heterocycles. The first-order valence-corrected chi connectivity index (χ1v) is 5.76. The number of hydrogen-bond acceptors (Lipinski definition) is 2. The smallest absolute Gasteiger partial charge is 0.0412 e. The minimum atomic E-state index is 0.326. The number of nitrogens with one attached hydrogen (secondary N) is 1. The van der Waals surface area contributed by atoms with Crippen molar-refractivity contribution in [2.45, 2.75) is 45.2 Å². The topological polar surface area (TPSA) is 38.0 Å². The van der Waals surface area contributed by atoms with Crippen molar-refractivity contribution in [3.05, 3.63) is 29.3 Å². The van der Waals surface area contributed by atoms with Crippen LogP contribution in [0.25, 0.3) is 0 Å². The molecule has 1 aliphatic carbocycles. The summed E-state index contributed by atoms with van der Waals surface area (Å²) < 4.78 is 0. The van der Waals surface area contributed by atoms with Crippen LogP contribution in [0.15, 0.2) is 18.2 Å². The summed E-state index contributed by atoms with van der Waals surface area (Å²) in [4.78, 5) is 0. The van der Waals surface area contributed by atoms with Crippen LogP contribution in [-0.2, 0) is 0 Å². The van der Waals surface area contributed by atoms with Crippen molar-refractivity contribution in [2.24, 2.45) is 5.73 Å². The van der Waals surface area contributed by atoms with Crippen LogP contribution >= 0.6 is 0 Å². The van der Waals surface area contributed by atoms with Gasteiger partial charge in [0, 0.05) is 17.8 Å². The maximum Gasteiger partial charge on any atom is 0.0412 e. The Hall–Kier alpha value is -1.02. The lowest BCUT2D eigenvalue weighted by Crippen LogP contribution is -2.35. The molecule has 0 spiro atoms. The number of nitrogens with two attached hydrogens (primary N) is 1. The first-order valence-electron chi connectivity index (χ1n) is 5.76. The summed E-state index contributed by atoms with van der Waals surface area (Å²) in [6.45, 7) is 4.29. The summed E-state index contributed by atoms with van der Waals surface area (Å²) in [5, 5.41) is 3.53. The van der Waals surface area contributed by atoms with Crippen molar-refractivity contribution in [1.82, 2.24) is 0 Å². The zero-order valence-corrected chi connectivity index (χ0v) is 9.59. The molecular weight excluding hydrogens is 184 g/mol. The van der Waals surface area contributed by atoms with Crippen molar-refractivity contribution >= 4 is 5.69 Å². The second-order valence-electron chi connectivity index (χ2n) is 4.64. The van der Waals surface area contributed by atoms with E-state index >= 15 is 0 Å². The Balaban J connectivity index is 2.07. The molecule has 2 rings (SSSR count). The van der Waals surface area contributed by atoms with Crippen LogP contribution in [-0.4, -0.2) is 12.1 Å². The molecule has 1 fully saturated rings. The molecule has 1 aromatic rings. The van der Waals surface area contributed by atoms with Crippen LogP contribution in [0.3, 0.4) is 0 Å². The average molecular weight is 204 g/mol. The van der Waals surface area contributed by atoms with E-state index < -0.39 is 0 Å². The van der Waals surface area contributed by atoms with Crippen LogP contribution in [0.1, 0.15) is 30.4 Å². The summed E-state index contributed by atoms with van der Waals surface area (Å²) in [5.74, 6) is 0. The van der Waals surface area contributed by atoms with Crippen LogP contribution < -0.4 is 11.1 Å². The Morgan fingerprint density at radius 3 is 2.60 bits per heavy atom. The van der Waals surface area contributed by atoms with Crippen molar-refractivity contribution in [3.63, 3.8) is 0 Å². The molecule has 0 aliphatic heterocycles. The second-order valence-corrected chi connectivity index (χ2v) is 4.64. The molecule has 15 heavy (non-hydrogen) atoms. The first-order chi connectivity index (χ1) is 7.16. The van der Waals surface area contributed by atoms with E-state index in [1.165, 1.54) is 29.7 Å². The Bertz CT molecular complexity index is 346. The van der Waals surface area contributed by atoms with Crippen molar-refractivity contribution in [2.75, 3.05) is 5.32 Å². The van der Waals surface area contributed by atoms with Crippen LogP contribution in [0.2, 0.25) is 0 Å². The van der Waals surface area contributed by atoms with E-state index in [1.54, 1.807) is 0 Å². The van der Waals surface area contributed by atoms with E-state index in [4.69, 9.17) is 5.73 Å². The molecule has 2 nitrogen and oxygen atoms in total. The number of hydrogen-bond donors (Lipinski definition) is 2. The standard InChI is InChI=1S/C13H20N2/c1-9-6-7-11(8-10(9)2)15-13-5-3-4-12(13)14/h6-8,12-13,15H,3-5,14H2,1-2H3/t12-,13-/m0/s1. The highest BCUT2D eigenvalue weighted by Gasteiger charge is 2.23. The maximum absolute atomic E-state index is 6.03. The van der Waals surface area contributed by atoms with Gasteiger partial charge in [0.2, 0.25) is 0 Å². The van der Waals surface area contributed by atoms with E-state index in [9.17, 15) is 0 Å². The quantitative estimate of drug-likeness (QED) is 0.777. The third-order valence-corrected chi connectivity index (χ3v) is 3.43. The van der Waals surface area contributed by atoms with Crippen molar-refractivity contribution in [1.29, 1.82) is 0 Å². The van der Waals surface area contributed by atoms with Crippen molar-refractivity contribution < 1.29 is 0 Å². The van der Waals surface area contributed by atoms with Gasteiger partial charge in [-0.05, 0) is 56.4 Å². The molecular formula is C13H20N2. The predicted octanol–water partition coefficient (Wildman–Crippen LogP) is 2.60. The molecule has 0 unspecified atom stereocenters. The van der Waals surface area contributed by atoms with E-state index in [2.05, 4.69) is 37.4 Å². The largest absolute Gasteiger partial charge is 0.381 e. The Labute approximate surface area is 91.9 Å². The highest BCUT2D eigenvalue weighted by Crippen LogP contribution is 2.22. The lowest BCUT2D eigenvalue weighted by atomic mass is 10.1. The first kappa shape index (κ1) is 10.5. The minimum absolute atomic E-state index is 0.326. The Kier molecular flexibility index (Phi) is 2.96. The van der Waals surface area contributed by atoms with Gasteiger partial charge >= 0.3 is 0 Å². The van der Waals surface area contributed by atoms with E-state index in [0.29, 0.717) is 12.1 Å². The summed E-state index contributed by atoms with van der Waals surface area (Å²) in [6, 6.07) is 7.31. The van der Waals surface area contributed by atoms with Gasteiger partial charge in [-0.3, -0.25) is 0 Å². The normalized spacial score (nSPS) is 25.5. The van der Waals surface area contributed by atoms with Gasteiger partial charge in [0.15, 0.2) is 0 Å². The Morgan fingerprint density at radius 2 is 2.00 bits per heavy atom. The van der Waals surface area contributed by atoms with Gasteiger partial charge in [-0.25, -0.2) is 0 Å². The number of aryl methyl sites for hydroxylation is 2. The van der Waals surface area contributed by atoms with Crippen LogP contribution in [0.4, 0.5) is 5.69 Å². The summed E-state index contributed by atoms with van der Waals surface area (Å²) in [7, 11) is 0. The molecule has 1 saturated carbocycles. The van der Waals surface area contributed by atoms with Gasteiger partial charge in [0.25, 0.3) is 0 Å². The summed E-state index contributed by atoms with van der Waals surface area (Å²) in [6.07, 6.45) is 3.61. The van der Waals surface area contributed by atoms with Crippen molar-refractivity contribution in [3.8, 4) is 0 Å². The molecule has 2 atom stereocenters. The minimum Gasteiger partial charge on any atom is -0.381 e. The summed E-state index contributed by atoms with van der Waals surface area (Å²) >= 11 is 0. The number of anilines is 1. The van der Waals surface area contributed by atoms with Gasteiger partial charge in [-0.15, -0.1) is 0 Å². The third kappa shape index (κ3) is 2.32. The third-order valence-electron chi connectivity index (χ3n) is 3.43. The zero-order valence-electron chi connectivity index (χ0n) is 9.59. The lowest BCUT2D eigenvalue weighted by Gasteiger charge is -2.19. The molecule has 0 bridgehead atoms. The maximum atomic E-state index is 6.03. The van der Waals surface area contributed by atoms with Gasteiger partial charge in [-0.2, -0.15) is 0 Å². The SMILES string of the molecule is Cc1ccc(N[C@H]2CCC[C@@H]2N)cc1C. The predicted molar refractivity (Wildman–Crippen MR) is 65.2 cm³/mol. The zero-order chi connectivity index (χ0) is 10.8. The summed E-state index contributed by atoms with van der Waals surface area (Å²) in [5.41, 5.74) is 9.92. The van der Waals surface area contributed by atoms with Gasteiger partial charge in [0.05, 0.1) is 0 Å². The van der Waals surface area contributed by atoms with E-state index in [-0.39, 0.29) is 0 Å². The highest BCUT2D eigenvalue weighted by molar-refractivity contribution is 5.49. The average Bonchev–Trinajstić information content (AvgIpc) is 2.59. The molecule has 0 saturated heterocycles. The van der Waals surface area contributed by atoms with E-state index in [1.807, 2.05) is 0 Å². The monoisotopic (exact) mass is 204 g/mol. The second kappa shape index (κ2) is 4.23. The molecule has 2 heteroatoms. The lowest BCUT2D eigenvalue weighted by molar-refractivity contribution is 0.638. The molecule has 1 aromatic carbocycles. The molecule has 3 N–H and O–H groups in total. The number of rotatable bonds is 2. The molecule has 0 radical (unpaired) electrons. The molecule has 82 valence electrons. The van der Waals surface area contributed by atoms with E-state index in [0.717, 1.165) is 6.42 Å². The molecule has 0 amide bonds. The fourth-order valence-corrected chi connectivity index (χ4v) is 2.21. The molecule has 1 aliphatic rings. The van der Waals surface area contributed by atoms with Gasteiger partial charge in [0.1, 0.15) is 0 Å². The highest BCUT2D eigenvalue weighted by atomic mass is 15.0. The van der Waals surface area contributed by atoms with Gasteiger partial charge < -0.3 is 11.1 Å². The number of benzene rings is 1. The fraction of sp³-hybridized carbons (Fsp3) is 0.538. The van der Waals surface area contributed by atoms with Crippen LogP contribution in [0, 0.1) is 13.8 Å². The van der Waals surface area contributed by atoms with Gasteiger partial charge in [-0.1, -0.05) is 6.07 Å². The van der Waals surface area contributed by atoms with Crippen LogP contribution in [0.5, 0.6) is 0 Å². The fourth-order valence-electron chi connectivity index (χ4n) is 2.21. The Morgan fingerprint density at radius 1 is 1.20 bits per heavy atom.